The largest absolute Gasteiger partial charge is 0.497 e. The predicted octanol–water partition coefficient (Wildman–Crippen LogP) is 5.18. The minimum Gasteiger partial charge on any atom is -0.497 e. The summed E-state index contributed by atoms with van der Waals surface area (Å²) in [5.74, 6) is 1.19. The van der Waals surface area contributed by atoms with Crippen molar-refractivity contribution in [3.63, 3.8) is 0 Å². The first-order valence-electron chi connectivity index (χ1n) is 8.41. The Morgan fingerprint density at radius 1 is 1.27 bits per heavy atom. The fourth-order valence-corrected chi connectivity index (χ4v) is 4.15. The molecule has 1 aromatic rings. The Kier molecular flexibility index (Phi) is 4.12. The van der Waals surface area contributed by atoms with Crippen molar-refractivity contribution >= 4 is 5.78 Å². The molecule has 0 radical (unpaired) electrons. The summed E-state index contributed by atoms with van der Waals surface area (Å²) in [6.45, 7) is 4.69. The number of hydrogen-bond acceptors (Lipinski definition) is 2. The van der Waals surface area contributed by atoms with Crippen LogP contribution in [0, 0.1) is 11.3 Å². The first kappa shape index (κ1) is 15.3. The lowest BCUT2D eigenvalue weighted by molar-refractivity contribution is 0.0900. The standard InChI is InChI=1S/C20H26O2/c1-20(2)11-5-7-14-9-10-16(13-18(14)20)19(21)15-6-4-8-17(12-15)22-3/h4,6,8,12,16H,5,7,9-11,13H2,1-3H3. The van der Waals surface area contributed by atoms with E-state index >= 15 is 0 Å². The van der Waals surface area contributed by atoms with Gasteiger partial charge in [0.15, 0.2) is 5.78 Å². The van der Waals surface area contributed by atoms with Crippen molar-refractivity contribution in [2.45, 2.75) is 52.4 Å². The molecule has 2 aliphatic carbocycles. The molecule has 2 nitrogen and oxygen atoms in total. The fourth-order valence-electron chi connectivity index (χ4n) is 4.15. The number of carbonyl (C=O) groups excluding carboxylic acids is 1. The molecule has 3 rings (SSSR count). The van der Waals surface area contributed by atoms with Gasteiger partial charge in [-0.05, 0) is 56.1 Å². The molecule has 0 heterocycles. The van der Waals surface area contributed by atoms with Gasteiger partial charge in [0.05, 0.1) is 7.11 Å². The number of Topliss-reactive ketones (excluding diaryl/α,β-unsaturated/α-hetero) is 1. The third kappa shape index (κ3) is 2.84. The average molecular weight is 298 g/mol. The molecule has 118 valence electrons. The van der Waals surface area contributed by atoms with Crippen LogP contribution in [0.4, 0.5) is 0 Å². The Bertz CT molecular complexity index is 610. The molecule has 0 saturated heterocycles. The molecule has 0 spiro atoms. The van der Waals surface area contributed by atoms with Crippen molar-refractivity contribution in [2.75, 3.05) is 7.11 Å². The van der Waals surface area contributed by atoms with Gasteiger partial charge in [-0.15, -0.1) is 0 Å². The molecule has 0 amide bonds. The molecule has 1 aromatic carbocycles. The van der Waals surface area contributed by atoms with Crippen LogP contribution < -0.4 is 4.74 Å². The van der Waals surface area contributed by atoms with Gasteiger partial charge in [0, 0.05) is 11.5 Å². The van der Waals surface area contributed by atoms with E-state index < -0.39 is 0 Å². The van der Waals surface area contributed by atoms with Gasteiger partial charge >= 0.3 is 0 Å². The van der Waals surface area contributed by atoms with Gasteiger partial charge in [0.1, 0.15) is 5.75 Å². The summed E-state index contributed by atoms with van der Waals surface area (Å²) in [6, 6.07) is 7.59. The Labute approximate surface area is 133 Å². The molecule has 2 aliphatic rings. The first-order valence-corrected chi connectivity index (χ1v) is 8.41. The van der Waals surface area contributed by atoms with Crippen molar-refractivity contribution in [3.05, 3.63) is 41.0 Å². The molecule has 2 heteroatoms. The molecule has 1 unspecified atom stereocenters. The third-order valence-electron chi connectivity index (χ3n) is 5.49. The molecule has 0 N–H and O–H groups in total. The molecule has 0 aromatic heterocycles. The molecular formula is C20H26O2. The van der Waals surface area contributed by atoms with E-state index in [-0.39, 0.29) is 17.1 Å². The van der Waals surface area contributed by atoms with Crippen LogP contribution in [0.3, 0.4) is 0 Å². The predicted molar refractivity (Wildman–Crippen MR) is 89.3 cm³/mol. The zero-order chi connectivity index (χ0) is 15.7. The molecule has 22 heavy (non-hydrogen) atoms. The molecule has 0 saturated carbocycles. The second-order valence-electron chi connectivity index (χ2n) is 7.36. The Balaban J connectivity index is 1.82. The lowest BCUT2D eigenvalue weighted by Crippen LogP contribution is -2.29. The number of ether oxygens (including phenoxy) is 1. The zero-order valence-electron chi connectivity index (χ0n) is 13.9. The number of hydrogen-bond donors (Lipinski definition) is 0. The van der Waals surface area contributed by atoms with Gasteiger partial charge in [-0.3, -0.25) is 4.79 Å². The lowest BCUT2D eigenvalue weighted by Gasteiger charge is -2.40. The highest BCUT2D eigenvalue weighted by Gasteiger charge is 2.36. The Hall–Kier alpha value is -1.57. The summed E-state index contributed by atoms with van der Waals surface area (Å²) in [6.07, 6.45) is 6.88. The summed E-state index contributed by atoms with van der Waals surface area (Å²) < 4.78 is 5.25. The van der Waals surface area contributed by atoms with E-state index in [9.17, 15) is 4.79 Å². The minimum atomic E-state index is 0.142. The molecule has 0 bridgehead atoms. The summed E-state index contributed by atoms with van der Waals surface area (Å²) in [4.78, 5) is 12.9. The molecular weight excluding hydrogens is 272 g/mol. The highest BCUT2D eigenvalue weighted by molar-refractivity contribution is 5.98. The van der Waals surface area contributed by atoms with Gasteiger partial charge in [0.25, 0.3) is 0 Å². The quantitative estimate of drug-likeness (QED) is 0.567. The van der Waals surface area contributed by atoms with Gasteiger partial charge in [0.2, 0.25) is 0 Å². The number of allylic oxidation sites excluding steroid dienone is 2. The third-order valence-corrected chi connectivity index (χ3v) is 5.49. The van der Waals surface area contributed by atoms with Crippen LogP contribution in [0.5, 0.6) is 5.75 Å². The van der Waals surface area contributed by atoms with Crippen molar-refractivity contribution in [1.82, 2.24) is 0 Å². The lowest BCUT2D eigenvalue weighted by atomic mass is 9.65. The zero-order valence-corrected chi connectivity index (χ0v) is 13.9. The SMILES string of the molecule is COc1cccc(C(=O)C2CCC3=C(C2)C(C)(C)CCC3)c1. The first-order chi connectivity index (χ1) is 10.5. The Morgan fingerprint density at radius 2 is 2.09 bits per heavy atom. The van der Waals surface area contributed by atoms with Crippen LogP contribution in [0.15, 0.2) is 35.4 Å². The van der Waals surface area contributed by atoms with E-state index in [2.05, 4.69) is 13.8 Å². The number of ketones is 1. The molecule has 1 atom stereocenters. The smallest absolute Gasteiger partial charge is 0.166 e. The van der Waals surface area contributed by atoms with E-state index in [1.165, 1.54) is 19.3 Å². The van der Waals surface area contributed by atoms with Crippen molar-refractivity contribution in [1.29, 1.82) is 0 Å². The second-order valence-corrected chi connectivity index (χ2v) is 7.36. The van der Waals surface area contributed by atoms with Crippen LogP contribution in [-0.4, -0.2) is 12.9 Å². The average Bonchev–Trinajstić information content (AvgIpc) is 2.54. The van der Waals surface area contributed by atoms with Gasteiger partial charge in [-0.2, -0.15) is 0 Å². The van der Waals surface area contributed by atoms with Crippen LogP contribution in [-0.2, 0) is 0 Å². The van der Waals surface area contributed by atoms with E-state index in [0.29, 0.717) is 0 Å². The van der Waals surface area contributed by atoms with Crippen LogP contribution in [0.2, 0.25) is 0 Å². The van der Waals surface area contributed by atoms with E-state index in [1.807, 2.05) is 24.3 Å². The maximum atomic E-state index is 12.9. The summed E-state index contributed by atoms with van der Waals surface area (Å²) >= 11 is 0. The summed E-state index contributed by atoms with van der Waals surface area (Å²) in [5, 5.41) is 0. The monoisotopic (exact) mass is 298 g/mol. The summed E-state index contributed by atoms with van der Waals surface area (Å²) in [7, 11) is 1.64. The van der Waals surface area contributed by atoms with Crippen LogP contribution in [0.25, 0.3) is 0 Å². The topological polar surface area (TPSA) is 26.3 Å². The number of rotatable bonds is 3. The van der Waals surface area contributed by atoms with E-state index in [0.717, 1.165) is 30.6 Å². The number of carbonyl (C=O) groups is 1. The molecule has 0 fully saturated rings. The van der Waals surface area contributed by atoms with Crippen molar-refractivity contribution in [2.24, 2.45) is 11.3 Å². The highest BCUT2D eigenvalue weighted by Crippen LogP contribution is 2.48. The summed E-state index contributed by atoms with van der Waals surface area (Å²) in [5.41, 5.74) is 4.29. The minimum absolute atomic E-state index is 0.142. The second kappa shape index (κ2) is 5.91. The van der Waals surface area contributed by atoms with E-state index in [4.69, 9.17) is 4.74 Å². The van der Waals surface area contributed by atoms with E-state index in [1.54, 1.807) is 18.3 Å². The maximum absolute atomic E-state index is 12.9. The van der Waals surface area contributed by atoms with Gasteiger partial charge in [-0.25, -0.2) is 0 Å². The van der Waals surface area contributed by atoms with Crippen LogP contribution >= 0.6 is 0 Å². The van der Waals surface area contributed by atoms with Crippen molar-refractivity contribution in [3.8, 4) is 5.75 Å². The Morgan fingerprint density at radius 3 is 2.86 bits per heavy atom. The van der Waals surface area contributed by atoms with Crippen molar-refractivity contribution < 1.29 is 9.53 Å². The fraction of sp³-hybridized carbons (Fsp3) is 0.550. The normalized spacial score (nSPS) is 23.9. The maximum Gasteiger partial charge on any atom is 0.166 e. The van der Waals surface area contributed by atoms with Gasteiger partial charge < -0.3 is 4.74 Å². The number of benzene rings is 1. The highest BCUT2D eigenvalue weighted by atomic mass is 16.5. The van der Waals surface area contributed by atoms with Gasteiger partial charge in [-0.1, -0.05) is 37.1 Å². The molecule has 0 aliphatic heterocycles. The number of methoxy groups -OCH3 is 1. The van der Waals surface area contributed by atoms with Crippen LogP contribution in [0.1, 0.15) is 62.7 Å².